The van der Waals surface area contributed by atoms with E-state index >= 15 is 0 Å². The molecule has 0 unspecified atom stereocenters. The number of hydrogen-bond acceptors (Lipinski definition) is 6. The first-order valence-corrected chi connectivity index (χ1v) is 6.35. The van der Waals surface area contributed by atoms with Crippen LogP contribution in [0.5, 0.6) is 0 Å². The number of esters is 1. The molecule has 1 aromatic rings. The summed E-state index contributed by atoms with van der Waals surface area (Å²) in [6.45, 7) is 6.80. The van der Waals surface area contributed by atoms with Gasteiger partial charge < -0.3 is 14.4 Å². The van der Waals surface area contributed by atoms with Crippen molar-refractivity contribution in [2.24, 2.45) is 0 Å². The van der Waals surface area contributed by atoms with Crippen LogP contribution in [-0.4, -0.2) is 49.4 Å². The van der Waals surface area contributed by atoms with Gasteiger partial charge in [-0.05, 0) is 13.8 Å². The van der Waals surface area contributed by atoms with Crippen LogP contribution in [0.25, 0.3) is 0 Å². The lowest BCUT2D eigenvalue weighted by molar-refractivity contribution is -0.139. The maximum Gasteiger partial charge on any atom is 0.310 e. The lowest BCUT2D eigenvalue weighted by atomic mass is 10.1. The molecule has 1 saturated heterocycles. The fraction of sp³-hybridized carbons (Fsp3) is 0.615. The van der Waals surface area contributed by atoms with E-state index in [9.17, 15) is 4.79 Å². The van der Waals surface area contributed by atoms with E-state index in [2.05, 4.69) is 19.6 Å². The molecule has 0 atom stereocenters. The van der Waals surface area contributed by atoms with Crippen molar-refractivity contribution < 1.29 is 14.3 Å². The standard InChI is InChI=1S/C13H19N3O3/c1-9-11(8-12(17)18-3)10(2)15-13(14-9)16-4-6-19-7-5-16/h4-8H2,1-3H3. The molecule has 0 bridgehead atoms. The summed E-state index contributed by atoms with van der Waals surface area (Å²) in [5.41, 5.74) is 2.52. The molecule has 1 aliphatic heterocycles. The third kappa shape index (κ3) is 3.20. The van der Waals surface area contributed by atoms with Gasteiger partial charge in [0.05, 0.1) is 26.7 Å². The highest BCUT2D eigenvalue weighted by Crippen LogP contribution is 2.17. The molecule has 2 rings (SSSR count). The minimum atomic E-state index is -0.270. The Balaban J connectivity index is 2.22. The summed E-state index contributed by atoms with van der Waals surface area (Å²) in [6, 6.07) is 0. The SMILES string of the molecule is COC(=O)Cc1c(C)nc(N2CCOCC2)nc1C. The third-order valence-corrected chi connectivity index (χ3v) is 3.25. The Morgan fingerprint density at radius 3 is 2.37 bits per heavy atom. The van der Waals surface area contributed by atoms with Crippen LogP contribution in [0.15, 0.2) is 0 Å². The second-order valence-electron chi connectivity index (χ2n) is 4.53. The first kappa shape index (κ1) is 13.7. The molecule has 0 spiro atoms. The van der Waals surface area contributed by atoms with E-state index in [0.29, 0.717) is 19.2 Å². The van der Waals surface area contributed by atoms with Gasteiger partial charge in [-0.3, -0.25) is 4.79 Å². The largest absolute Gasteiger partial charge is 0.469 e. The smallest absolute Gasteiger partial charge is 0.310 e. The first-order valence-electron chi connectivity index (χ1n) is 6.35. The third-order valence-electron chi connectivity index (χ3n) is 3.25. The Hall–Kier alpha value is -1.69. The Morgan fingerprint density at radius 1 is 1.26 bits per heavy atom. The van der Waals surface area contributed by atoms with Crippen LogP contribution in [0, 0.1) is 13.8 Å². The highest BCUT2D eigenvalue weighted by Gasteiger charge is 2.18. The van der Waals surface area contributed by atoms with Gasteiger partial charge in [-0.2, -0.15) is 0 Å². The zero-order chi connectivity index (χ0) is 13.8. The quantitative estimate of drug-likeness (QED) is 0.748. The monoisotopic (exact) mass is 265 g/mol. The van der Waals surface area contributed by atoms with Gasteiger partial charge in [0.25, 0.3) is 0 Å². The van der Waals surface area contributed by atoms with Gasteiger partial charge in [0.15, 0.2) is 0 Å². The van der Waals surface area contributed by atoms with Crippen LogP contribution >= 0.6 is 0 Å². The molecular weight excluding hydrogens is 246 g/mol. The number of carbonyl (C=O) groups is 1. The number of morpholine rings is 1. The molecule has 6 heteroatoms. The van der Waals surface area contributed by atoms with E-state index in [4.69, 9.17) is 4.74 Å². The molecule has 1 fully saturated rings. The fourth-order valence-electron chi connectivity index (χ4n) is 2.10. The Labute approximate surface area is 112 Å². The highest BCUT2D eigenvalue weighted by molar-refractivity contribution is 5.73. The van der Waals surface area contributed by atoms with Gasteiger partial charge in [-0.1, -0.05) is 0 Å². The average molecular weight is 265 g/mol. The summed E-state index contributed by atoms with van der Waals surface area (Å²) in [6.07, 6.45) is 0.220. The second kappa shape index (κ2) is 5.97. The number of aromatic nitrogens is 2. The van der Waals surface area contributed by atoms with Crippen LogP contribution < -0.4 is 4.90 Å². The van der Waals surface area contributed by atoms with Crippen molar-refractivity contribution in [3.05, 3.63) is 17.0 Å². The summed E-state index contributed by atoms with van der Waals surface area (Å²) < 4.78 is 10.0. The number of methoxy groups -OCH3 is 1. The second-order valence-corrected chi connectivity index (χ2v) is 4.53. The summed E-state index contributed by atoms with van der Waals surface area (Å²) in [5.74, 6) is 0.445. The summed E-state index contributed by atoms with van der Waals surface area (Å²) >= 11 is 0. The van der Waals surface area contributed by atoms with E-state index < -0.39 is 0 Å². The van der Waals surface area contributed by atoms with Crippen molar-refractivity contribution in [3.8, 4) is 0 Å². The number of rotatable bonds is 3. The maximum absolute atomic E-state index is 11.4. The first-order chi connectivity index (χ1) is 9.11. The zero-order valence-corrected chi connectivity index (χ0v) is 11.6. The van der Waals surface area contributed by atoms with Crippen molar-refractivity contribution >= 4 is 11.9 Å². The Kier molecular flexibility index (Phi) is 4.31. The van der Waals surface area contributed by atoms with Crippen LogP contribution in [-0.2, 0) is 20.7 Å². The number of nitrogens with zero attached hydrogens (tertiary/aromatic N) is 3. The van der Waals surface area contributed by atoms with E-state index in [1.807, 2.05) is 13.8 Å². The number of anilines is 1. The minimum absolute atomic E-state index is 0.220. The molecule has 19 heavy (non-hydrogen) atoms. The van der Waals surface area contributed by atoms with Crippen molar-refractivity contribution in [2.45, 2.75) is 20.3 Å². The van der Waals surface area contributed by atoms with Gasteiger partial charge in [-0.25, -0.2) is 9.97 Å². The lowest BCUT2D eigenvalue weighted by Gasteiger charge is -2.27. The predicted molar refractivity (Wildman–Crippen MR) is 70.3 cm³/mol. The molecule has 0 aromatic carbocycles. The fourth-order valence-corrected chi connectivity index (χ4v) is 2.10. The number of carbonyl (C=O) groups excluding carboxylic acids is 1. The van der Waals surface area contributed by atoms with Crippen molar-refractivity contribution in [1.82, 2.24) is 9.97 Å². The van der Waals surface area contributed by atoms with Gasteiger partial charge in [-0.15, -0.1) is 0 Å². The van der Waals surface area contributed by atoms with Gasteiger partial charge >= 0.3 is 5.97 Å². The summed E-state index contributed by atoms with van der Waals surface area (Å²) in [4.78, 5) is 22.5. The van der Waals surface area contributed by atoms with E-state index in [1.165, 1.54) is 7.11 Å². The number of hydrogen-bond donors (Lipinski definition) is 0. The van der Waals surface area contributed by atoms with Gasteiger partial charge in [0, 0.05) is 30.0 Å². The molecule has 0 radical (unpaired) electrons. The van der Waals surface area contributed by atoms with Crippen molar-refractivity contribution in [1.29, 1.82) is 0 Å². The Morgan fingerprint density at radius 2 is 1.84 bits per heavy atom. The molecule has 6 nitrogen and oxygen atoms in total. The zero-order valence-electron chi connectivity index (χ0n) is 11.6. The maximum atomic E-state index is 11.4. The summed E-state index contributed by atoms with van der Waals surface area (Å²) in [7, 11) is 1.38. The van der Waals surface area contributed by atoms with E-state index in [0.717, 1.165) is 30.0 Å². The molecule has 0 aliphatic carbocycles. The molecule has 2 heterocycles. The number of aryl methyl sites for hydroxylation is 2. The molecule has 0 saturated carbocycles. The minimum Gasteiger partial charge on any atom is -0.469 e. The van der Waals surface area contributed by atoms with E-state index in [1.54, 1.807) is 0 Å². The molecule has 0 N–H and O–H groups in total. The van der Waals surface area contributed by atoms with Gasteiger partial charge in [0.1, 0.15) is 0 Å². The predicted octanol–water partition coefficient (Wildman–Crippen LogP) is 0.646. The highest BCUT2D eigenvalue weighted by atomic mass is 16.5. The average Bonchev–Trinajstić information content (AvgIpc) is 2.43. The van der Waals surface area contributed by atoms with Crippen molar-refractivity contribution in [2.75, 3.05) is 38.3 Å². The molecule has 104 valence electrons. The van der Waals surface area contributed by atoms with Gasteiger partial charge in [0.2, 0.25) is 5.95 Å². The van der Waals surface area contributed by atoms with Crippen LogP contribution in [0.3, 0.4) is 0 Å². The van der Waals surface area contributed by atoms with Crippen molar-refractivity contribution in [3.63, 3.8) is 0 Å². The van der Waals surface area contributed by atoms with Crippen LogP contribution in [0.4, 0.5) is 5.95 Å². The van der Waals surface area contributed by atoms with Crippen LogP contribution in [0.1, 0.15) is 17.0 Å². The topological polar surface area (TPSA) is 64.5 Å². The molecule has 1 aliphatic rings. The van der Waals surface area contributed by atoms with E-state index in [-0.39, 0.29) is 12.4 Å². The summed E-state index contributed by atoms with van der Waals surface area (Å²) in [5, 5.41) is 0. The molecular formula is C13H19N3O3. The number of ether oxygens (including phenoxy) is 2. The van der Waals surface area contributed by atoms with Crippen LogP contribution in [0.2, 0.25) is 0 Å². The Bertz CT molecular complexity index is 447. The molecule has 1 aromatic heterocycles. The lowest BCUT2D eigenvalue weighted by Crippen LogP contribution is -2.37. The normalized spacial score (nSPS) is 15.4. The molecule has 0 amide bonds.